The first-order valence-electron chi connectivity index (χ1n) is 5.60. The van der Waals surface area contributed by atoms with E-state index in [2.05, 4.69) is 0 Å². The first-order valence-corrected chi connectivity index (χ1v) is 5.60. The van der Waals surface area contributed by atoms with Gasteiger partial charge >= 0.3 is 0 Å². The Hall–Kier alpha value is -0.610. The summed E-state index contributed by atoms with van der Waals surface area (Å²) in [7, 11) is 0. The Balaban J connectivity index is 2.67. The van der Waals surface area contributed by atoms with Crippen LogP contribution in [0.5, 0.6) is 0 Å². The zero-order valence-electron chi connectivity index (χ0n) is 10.1. The number of amides is 1. The van der Waals surface area contributed by atoms with Gasteiger partial charge in [-0.25, -0.2) is 0 Å². The van der Waals surface area contributed by atoms with Gasteiger partial charge in [0.05, 0.1) is 17.7 Å². The maximum absolute atomic E-state index is 12.1. The van der Waals surface area contributed by atoms with Crippen LogP contribution < -0.4 is 5.73 Å². The van der Waals surface area contributed by atoms with Gasteiger partial charge in [-0.2, -0.15) is 0 Å². The largest absolute Gasteiger partial charge is 0.372 e. The number of rotatable bonds is 2. The van der Waals surface area contributed by atoms with Gasteiger partial charge in [-0.05, 0) is 27.2 Å². The van der Waals surface area contributed by atoms with Crippen molar-refractivity contribution in [3.63, 3.8) is 0 Å². The van der Waals surface area contributed by atoms with E-state index >= 15 is 0 Å². The van der Waals surface area contributed by atoms with Crippen LogP contribution in [0.25, 0.3) is 0 Å². The summed E-state index contributed by atoms with van der Waals surface area (Å²) >= 11 is 0. The smallest absolute Gasteiger partial charge is 0.242 e. The number of nitrogens with zero attached hydrogens (tertiary/aromatic N) is 1. The molecule has 2 N–H and O–H groups in total. The van der Waals surface area contributed by atoms with E-state index in [1.165, 1.54) is 0 Å². The zero-order valence-corrected chi connectivity index (χ0v) is 10.1. The molecule has 15 heavy (non-hydrogen) atoms. The summed E-state index contributed by atoms with van der Waals surface area (Å²) in [6, 6.07) is 0. The fraction of sp³-hybridized carbons (Fsp3) is 0.909. The van der Waals surface area contributed by atoms with Crippen LogP contribution in [0, 0.1) is 0 Å². The van der Waals surface area contributed by atoms with Crippen LogP contribution in [0.4, 0.5) is 0 Å². The molecule has 0 spiro atoms. The van der Waals surface area contributed by atoms with E-state index in [0.29, 0.717) is 19.5 Å². The molecule has 3 unspecified atom stereocenters. The second-order valence-electron chi connectivity index (χ2n) is 4.74. The summed E-state index contributed by atoms with van der Waals surface area (Å²) in [4.78, 5) is 13.9. The Labute approximate surface area is 91.8 Å². The third kappa shape index (κ3) is 2.92. The lowest BCUT2D eigenvalue weighted by Gasteiger charge is -2.39. The minimum Gasteiger partial charge on any atom is -0.372 e. The van der Waals surface area contributed by atoms with Crippen LogP contribution in [0.2, 0.25) is 0 Å². The quantitative estimate of drug-likeness (QED) is 0.738. The van der Waals surface area contributed by atoms with Gasteiger partial charge in [0.15, 0.2) is 0 Å². The third-order valence-electron chi connectivity index (χ3n) is 2.93. The van der Waals surface area contributed by atoms with Gasteiger partial charge in [-0.3, -0.25) is 4.79 Å². The third-order valence-corrected chi connectivity index (χ3v) is 2.93. The Bertz CT molecular complexity index is 231. The molecule has 1 heterocycles. The fourth-order valence-corrected chi connectivity index (χ4v) is 1.86. The summed E-state index contributed by atoms with van der Waals surface area (Å²) < 4.78 is 5.58. The molecular weight excluding hydrogens is 192 g/mol. The van der Waals surface area contributed by atoms with Crippen LogP contribution in [0.3, 0.4) is 0 Å². The molecule has 4 heteroatoms. The monoisotopic (exact) mass is 214 g/mol. The molecule has 0 saturated carbocycles. The summed E-state index contributed by atoms with van der Waals surface area (Å²) in [6.07, 6.45) is 0.863. The average Bonchev–Trinajstić information content (AvgIpc) is 2.15. The number of ether oxygens (including phenoxy) is 1. The maximum Gasteiger partial charge on any atom is 0.242 e. The van der Waals surface area contributed by atoms with Crippen molar-refractivity contribution in [2.24, 2.45) is 5.73 Å². The highest BCUT2D eigenvalue weighted by atomic mass is 16.5. The van der Waals surface area contributed by atoms with Crippen molar-refractivity contribution in [2.45, 2.75) is 51.9 Å². The zero-order chi connectivity index (χ0) is 11.6. The van der Waals surface area contributed by atoms with Crippen LogP contribution in [0.15, 0.2) is 0 Å². The highest BCUT2D eigenvalue weighted by Crippen LogP contribution is 2.16. The molecule has 0 aromatic rings. The molecule has 88 valence electrons. The van der Waals surface area contributed by atoms with E-state index in [1.54, 1.807) is 6.92 Å². The Kier molecular flexibility index (Phi) is 3.73. The predicted molar refractivity (Wildman–Crippen MR) is 59.5 cm³/mol. The highest BCUT2D eigenvalue weighted by Gasteiger charge is 2.34. The molecule has 0 aromatic heterocycles. The molecule has 0 radical (unpaired) electrons. The molecule has 3 atom stereocenters. The number of morpholine rings is 1. The SMILES string of the molecule is CCC(C)(N)C(=O)N1CC(C)OC(C)C1. The van der Waals surface area contributed by atoms with Crippen LogP contribution in [0.1, 0.15) is 34.1 Å². The maximum atomic E-state index is 12.1. The van der Waals surface area contributed by atoms with Crippen molar-refractivity contribution in [3.05, 3.63) is 0 Å². The van der Waals surface area contributed by atoms with E-state index in [9.17, 15) is 4.79 Å². The Morgan fingerprint density at radius 3 is 2.33 bits per heavy atom. The molecule has 0 bridgehead atoms. The Morgan fingerprint density at radius 1 is 1.47 bits per heavy atom. The molecule has 1 aliphatic rings. The van der Waals surface area contributed by atoms with Crippen molar-refractivity contribution in [1.82, 2.24) is 4.90 Å². The summed E-state index contributed by atoms with van der Waals surface area (Å²) in [5.74, 6) is 0.0343. The van der Waals surface area contributed by atoms with Gasteiger partial charge in [0.25, 0.3) is 0 Å². The van der Waals surface area contributed by atoms with Gasteiger partial charge in [0.1, 0.15) is 0 Å². The minimum atomic E-state index is -0.739. The molecule has 1 rings (SSSR count). The summed E-state index contributed by atoms with van der Waals surface area (Å²) in [5.41, 5.74) is 5.21. The molecule has 1 saturated heterocycles. The lowest BCUT2D eigenvalue weighted by molar-refractivity contribution is -0.148. The number of hydrogen-bond acceptors (Lipinski definition) is 3. The van der Waals surface area contributed by atoms with Gasteiger partial charge in [-0.15, -0.1) is 0 Å². The second kappa shape index (κ2) is 4.49. The van der Waals surface area contributed by atoms with Crippen molar-refractivity contribution < 1.29 is 9.53 Å². The molecule has 1 amide bonds. The first kappa shape index (κ1) is 12.5. The molecule has 1 fully saturated rings. The summed E-state index contributed by atoms with van der Waals surface area (Å²) in [5, 5.41) is 0. The van der Waals surface area contributed by atoms with E-state index < -0.39 is 5.54 Å². The second-order valence-corrected chi connectivity index (χ2v) is 4.74. The van der Waals surface area contributed by atoms with Crippen LogP contribution >= 0.6 is 0 Å². The highest BCUT2D eigenvalue weighted by molar-refractivity contribution is 5.85. The van der Waals surface area contributed by atoms with Crippen LogP contribution in [-0.2, 0) is 9.53 Å². The van der Waals surface area contributed by atoms with Crippen molar-refractivity contribution in [1.29, 1.82) is 0 Å². The standard InChI is InChI=1S/C11H22N2O2/c1-5-11(4,12)10(14)13-6-8(2)15-9(3)7-13/h8-9H,5-7,12H2,1-4H3. The lowest BCUT2D eigenvalue weighted by atomic mass is 9.98. The number of carbonyl (C=O) groups excluding carboxylic acids is 1. The van der Waals surface area contributed by atoms with Crippen molar-refractivity contribution >= 4 is 5.91 Å². The van der Waals surface area contributed by atoms with Gasteiger partial charge < -0.3 is 15.4 Å². The Morgan fingerprint density at radius 2 is 1.93 bits per heavy atom. The van der Waals surface area contributed by atoms with Crippen molar-refractivity contribution in [2.75, 3.05) is 13.1 Å². The van der Waals surface area contributed by atoms with E-state index in [4.69, 9.17) is 10.5 Å². The number of carbonyl (C=O) groups is 1. The topological polar surface area (TPSA) is 55.6 Å². The average molecular weight is 214 g/mol. The minimum absolute atomic E-state index is 0.0343. The predicted octanol–water partition coefficient (Wildman–Crippen LogP) is 0.750. The lowest BCUT2D eigenvalue weighted by Crippen LogP contribution is -2.58. The van der Waals surface area contributed by atoms with Gasteiger partial charge in [0.2, 0.25) is 5.91 Å². The molecule has 0 aliphatic carbocycles. The van der Waals surface area contributed by atoms with Gasteiger partial charge in [-0.1, -0.05) is 6.92 Å². The van der Waals surface area contributed by atoms with E-state index in [1.807, 2.05) is 25.7 Å². The summed E-state index contributed by atoms with van der Waals surface area (Å²) in [6.45, 7) is 8.99. The first-order chi connectivity index (χ1) is 6.86. The number of nitrogens with two attached hydrogens (primary N) is 1. The molecular formula is C11H22N2O2. The van der Waals surface area contributed by atoms with Crippen LogP contribution in [-0.4, -0.2) is 41.6 Å². The van der Waals surface area contributed by atoms with Gasteiger partial charge in [0, 0.05) is 13.1 Å². The fourth-order valence-electron chi connectivity index (χ4n) is 1.86. The van der Waals surface area contributed by atoms with E-state index in [-0.39, 0.29) is 18.1 Å². The molecule has 4 nitrogen and oxygen atoms in total. The molecule has 0 aromatic carbocycles. The van der Waals surface area contributed by atoms with E-state index in [0.717, 1.165) is 0 Å². The molecule has 1 aliphatic heterocycles. The number of hydrogen-bond donors (Lipinski definition) is 1. The normalized spacial score (nSPS) is 31.1. The van der Waals surface area contributed by atoms with Crippen molar-refractivity contribution in [3.8, 4) is 0 Å².